The molecule has 0 amide bonds. The summed E-state index contributed by atoms with van der Waals surface area (Å²) < 4.78 is 16.6. The fraction of sp³-hybridized carbons (Fsp3) is 0.273. The molecule has 5 heteroatoms. The van der Waals surface area contributed by atoms with Crippen molar-refractivity contribution in [1.82, 2.24) is 0 Å². The summed E-state index contributed by atoms with van der Waals surface area (Å²) >= 11 is 0. The number of hydrogen-bond donors (Lipinski definition) is 0. The minimum atomic E-state index is -0.589. The van der Waals surface area contributed by atoms with E-state index in [1.807, 2.05) is 93.6 Å². The molecule has 0 radical (unpaired) electrons. The largest absolute Gasteiger partial charge is 0.488 e. The summed E-state index contributed by atoms with van der Waals surface area (Å²) in [7, 11) is 1.36. The van der Waals surface area contributed by atoms with Gasteiger partial charge in [0.05, 0.1) is 20.0 Å². The highest BCUT2D eigenvalue weighted by Gasteiger charge is 2.24. The molecule has 1 atom stereocenters. The molecule has 0 saturated carbocycles. The van der Waals surface area contributed by atoms with Crippen LogP contribution >= 0.6 is 0 Å². The summed E-state index contributed by atoms with van der Waals surface area (Å²) in [5, 5.41) is 2.13. The summed E-state index contributed by atoms with van der Waals surface area (Å²) in [5.41, 5.74) is 3.53. The van der Waals surface area contributed by atoms with Crippen LogP contribution < -0.4 is 4.74 Å². The third-order valence-electron chi connectivity index (χ3n) is 6.29. The van der Waals surface area contributed by atoms with Crippen LogP contribution in [0.1, 0.15) is 50.7 Å². The Labute approximate surface area is 224 Å². The Morgan fingerprint density at radius 1 is 0.737 bits per heavy atom. The molecule has 4 aromatic carbocycles. The second-order valence-corrected chi connectivity index (χ2v) is 10.3. The number of methoxy groups -OCH3 is 1. The van der Waals surface area contributed by atoms with Crippen LogP contribution in [0.15, 0.2) is 91.0 Å². The van der Waals surface area contributed by atoms with E-state index in [0.717, 1.165) is 38.8 Å². The Bertz CT molecular complexity index is 1380. The summed E-state index contributed by atoms with van der Waals surface area (Å²) in [6, 6.07) is 30.4. The number of benzene rings is 4. The third kappa shape index (κ3) is 7.00. The molecule has 0 aliphatic carbocycles. The van der Waals surface area contributed by atoms with Crippen LogP contribution in [0.3, 0.4) is 0 Å². The lowest BCUT2D eigenvalue weighted by atomic mass is 9.90. The molecule has 4 aromatic rings. The van der Waals surface area contributed by atoms with Crippen molar-refractivity contribution in [2.24, 2.45) is 0 Å². The topological polar surface area (TPSA) is 61.8 Å². The molecule has 0 heterocycles. The fourth-order valence-corrected chi connectivity index (χ4v) is 4.50. The van der Waals surface area contributed by atoms with Crippen molar-refractivity contribution >= 4 is 22.7 Å². The van der Waals surface area contributed by atoms with Crippen molar-refractivity contribution < 1.29 is 23.8 Å². The molecule has 38 heavy (non-hydrogen) atoms. The molecule has 0 aromatic heterocycles. The van der Waals surface area contributed by atoms with Crippen LogP contribution in [0.5, 0.6) is 5.75 Å². The van der Waals surface area contributed by atoms with E-state index in [-0.39, 0.29) is 30.7 Å². The van der Waals surface area contributed by atoms with Gasteiger partial charge >= 0.3 is 11.9 Å². The number of hydrogen-bond acceptors (Lipinski definition) is 5. The molecular weight excluding hydrogens is 476 g/mol. The summed E-state index contributed by atoms with van der Waals surface area (Å²) in [5.74, 6) is -0.204. The average Bonchev–Trinajstić information content (AvgIpc) is 2.91. The quantitative estimate of drug-likeness (QED) is 0.219. The van der Waals surface area contributed by atoms with Crippen LogP contribution in [-0.2, 0) is 25.7 Å². The standard InChI is InChI=1S/C33H34O5/c1-33(2,3)38-32(35)21-26(20-31(34)36-4)24-14-16-25(17-15-24)27-18-19-30(29-13-9-8-12-28(27)29)37-22-23-10-6-5-7-11-23/h5-19,26H,20-22H2,1-4H3/t26-/m1/s1. The highest BCUT2D eigenvalue weighted by molar-refractivity contribution is 6.00. The van der Waals surface area contributed by atoms with Crippen molar-refractivity contribution in [3.8, 4) is 16.9 Å². The van der Waals surface area contributed by atoms with Gasteiger partial charge in [0.1, 0.15) is 18.0 Å². The Kier molecular flexibility index (Phi) is 8.47. The first-order valence-corrected chi connectivity index (χ1v) is 12.8. The normalized spacial score (nSPS) is 12.1. The monoisotopic (exact) mass is 510 g/mol. The Hall–Kier alpha value is -4.12. The van der Waals surface area contributed by atoms with Crippen molar-refractivity contribution in [2.75, 3.05) is 7.11 Å². The molecule has 5 nitrogen and oxygen atoms in total. The van der Waals surface area contributed by atoms with Gasteiger partial charge < -0.3 is 14.2 Å². The minimum Gasteiger partial charge on any atom is -0.488 e. The number of carbonyl (C=O) groups excluding carboxylic acids is 2. The van der Waals surface area contributed by atoms with Gasteiger partial charge in [-0.3, -0.25) is 9.59 Å². The summed E-state index contributed by atoms with van der Waals surface area (Å²) in [4.78, 5) is 24.6. The lowest BCUT2D eigenvalue weighted by Gasteiger charge is -2.22. The van der Waals surface area contributed by atoms with Gasteiger partial charge in [0, 0.05) is 11.3 Å². The molecule has 0 unspecified atom stereocenters. The van der Waals surface area contributed by atoms with E-state index in [4.69, 9.17) is 14.2 Å². The highest BCUT2D eigenvalue weighted by Crippen LogP contribution is 2.36. The molecule has 0 aliphatic rings. The Balaban J connectivity index is 1.59. The summed E-state index contributed by atoms with van der Waals surface area (Å²) in [6.07, 6.45) is 0.202. The Morgan fingerprint density at radius 3 is 2.03 bits per heavy atom. The van der Waals surface area contributed by atoms with Crippen molar-refractivity contribution in [2.45, 2.75) is 51.7 Å². The molecule has 0 bridgehead atoms. The van der Waals surface area contributed by atoms with Crippen molar-refractivity contribution in [3.05, 3.63) is 102 Å². The molecule has 0 saturated heterocycles. The van der Waals surface area contributed by atoms with E-state index in [1.165, 1.54) is 7.11 Å². The number of carbonyl (C=O) groups is 2. The number of rotatable bonds is 9. The van der Waals surface area contributed by atoms with Gasteiger partial charge in [-0.25, -0.2) is 0 Å². The predicted octanol–water partition coefficient (Wildman–Crippen LogP) is 7.46. The Morgan fingerprint density at radius 2 is 1.37 bits per heavy atom. The van der Waals surface area contributed by atoms with E-state index in [1.54, 1.807) is 0 Å². The number of esters is 2. The first kappa shape index (κ1) is 26.9. The zero-order valence-electron chi connectivity index (χ0n) is 22.4. The number of fused-ring (bicyclic) bond motifs is 1. The third-order valence-corrected chi connectivity index (χ3v) is 6.29. The molecule has 0 N–H and O–H groups in total. The van der Waals surface area contributed by atoms with E-state index in [0.29, 0.717) is 6.61 Å². The van der Waals surface area contributed by atoms with Crippen LogP contribution in [0.4, 0.5) is 0 Å². The zero-order chi connectivity index (χ0) is 27.1. The SMILES string of the molecule is COC(=O)C[C@H](CC(=O)OC(C)(C)C)c1ccc(-c2ccc(OCc3ccccc3)c3ccccc23)cc1. The molecule has 196 valence electrons. The second-order valence-electron chi connectivity index (χ2n) is 10.3. The van der Waals surface area contributed by atoms with Crippen molar-refractivity contribution in [1.29, 1.82) is 0 Å². The minimum absolute atomic E-state index is 0.0993. The molecule has 0 spiro atoms. The van der Waals surface area contributed by atoms with E-state index >= 15 is 0 Å². The molecular formula is C33H34O5. The van der Waals surface area contributed by atoms with Gasteiger partial charge in [0.25, 0.3) is 0 Å². The van der Waals surface area contributed by atoms with E-state index in [9.17, 15) is 9.59 Å². The lowest BCUT2D eigenvalue weighted by Crippen LogP contribution is -2.25. The van der Waals surface area contributed by atoms with Gasteiger partial charge in [-0.15, -0.1) is 0 Å². The van der Waals surface area contributed by atoms with Crippen molar-refractivity contribution in [3.63, 3.8) is 0 Å². The molecule has 0 fully saturated rings. The predicted molar refractivity (Wildman–Crippen MR) is 150 cm³/mol. The maximum atomic E-state index is 12.5. The summed E-state index contributed by atoms with van der Waals surface area (Å²) in [6.45, 7) is 5.99. The molecule has 0 aliphatic heterocycles. The van der Waals surface area contributed by atoms with Gasteiger partial charge in [-0.2, -0.15) is 0 Å². The van der Waals surface area contributed by atoms with Gasteiger partial charge in [-0.1, -0.05) is 84.9 Å². The first-order valence-electron chi connectivity index (χ1n) is 12.8. The lowest BCUT2D eigenvalue weighted by molar-refractivity contribution is -0.155. The first-order chi connectivity index (χ1) is 18.2. The van der Waals surface area contributed by atoms with E-state index in [2.05, 4.69) is 18.2 Å². The smallest absolute Gasteiger partial charge is 0.306 e. The highest BCUT2D eigenvalue weighted by atomic mass is 16.6. The maximum absolute atomic E-state index is 12.5. The van der Waals surface area contributed by atoms with Gasteiger partial charge in [0.2, 0.25) is 0 Å². The van der Waals surface area contributed by atoms with Crippen LogP contribution in [0, 0.1) is 0 Å². The van der Waals surface area contributed by atoms with Crippen LogP contribution in [0.25, 0.3) is 21.9 Å². The maximum Gasteiger partial charge on any atom is 0.306 e. The molecule has 4 rings (SSSR count). The van der Waals surface area contributed by atoms with Crippen LogP contribution in [0.2, 0.25) is 0 Å². The second kappa shape index (κ2) is 12.0. The average molecular weight is 511 g/mol. The van der Waals surface area contributed by atoms with Crippen LogP contribution in [-0.4, -0.2) is 24.6 Å². The van der Waals surface area contributed by atoms with Gasteiger partial charge in [0.15, 0.2) is 0 Å². The fourth-order valence-electron chi connectivity index (χ4n) is 4.50. The van der Waals surface area contributed by atoms with Gasteiger partial charge in [-0.05, 0) is 54.5 Å². The van der Waals surface area contributed by atoms with E-state index < -0.39 is 5.60 Å². The zero-order valence-corrected chi connectivity index (χ0v) is 22.4. The number of ether oxygens (including phenoxy) is 3.